The zero-order valence-corrected chi connectivity index (χ0v) is 18.3. The number of rotatable bonds is 7. The van der Waals surface area contributed by atoms with Gasteiger partial charge in [0.05, 0.1) is 15.6 Å². The number of nitrogens with one attached hydrogen (secondary N) is 2. The van der Waals surface area contributed by atoms with Crippen molar-refractivity contribution in [3.8, 4) is 0 Å². The number of aromatic nitrogens is 1. The molecule has 0 spiro atoms. The Bertz CT molecular complexity index is 1130. The van der Waals surface area contributed by atoms with Crippen LogP contribution >= 0.6 is 22.9 Å². The van der Waals surface area contributed by atoms with Crippen molar-refractivity contribution >= 4 is 43.8 Å². The second-order valence-corrected chi connectivity index (χ2v) is 10.0. The van der Waals surface area contributed by atoms with Gasteiger partial charge in [-0.2, -0.15) is 0 Å². The molecule has 2 N–H and O–H groups in total. The monoisotopic (exact) mass is 466 g/mol. The quantitative estimate of drug-likeness (QED) is 0.539. The summed E-state index contributed by atoms with van der Waals surface area (Å²) in [6.45, 7) is 2.14. The highest BCUT2D eigenvalue weighted by Gasteiger charge is 2.24. The van der Waals surface area contributed by atoms with Crippen molar-refractivity contribution in [3.05, 3.63) is 70.4 Å². The first-order chi connectivity index (χ1) is 14.4. The van der Waals surface area contributed by atoms with Gasteiger partial charge in [0.15, 0.2) is 5.13 Å². The molecule has 0 bridgehead atoms. The molecule has 2 aromatic carbocycles. The van der Waals surface area contributed by atoms with Gasteiger partial charge in [-0.15, -0.1) is 11.3 Å². The highest BCUT2D eigenvalue weighted by molar-refractivity contribution is 7.93. The number of halogens is 2. The molecule has 0 aliphatic carbocycles. The van der Waals surface area contributed by atoms with Crippen LogP contribution in [0, 0.1) is 5.82 Å². The standard InChI is InChI=1S/C20H20ClFN4O2S2/c21-17-11-16(30(27,28)25-20-23-8-10-29-20)5-6-19(17)24-15-7-9-26(13-15)12-14-3-1-2-4-18(14)22/h1-6,8,10-11,15,24H,7,9,12-13H2,(H,23,25). The maximum atomic E-state index is 13.9. The summed E-state index contributed by atoms with van der Waals surface area (Å²) in [4.78, 5) is 6.18. The van der Waals surface area contributed by atoms with Gasteiger partial charge in [-0.05, 0) is 30.7 Å². The van der Waals surface area contributed by atoms with Crippen LogP contribution in [-0.4, -0.2) is 37.4 Å². The summed E-state index contributed by atoms with van der Waals surface area (Å²) in [6, 6.07) is 11.5. The van der Waals surface area contributed by atoms with E-state index < -0.39 is 10.0 Å². The summed E-state index contributed by atoms with van der Waals surface area (Å²) < 4.78 is 41.3. The number of hydrogen-bond acceptors (Lipinski definition) is 6. The molecule has 4 rings (SSSR count). The molecule has 2 heterocycles. The van der Waals surface area contributed by atoms with Crippen molar-refractivity contribution in [3.63, 3.8) is 0 Å². The lowest BCUT2D eigenvalue weighted by Gasteiger charge is -2.18. The molecule has 3 aromatic rings. The van der Waals surface area contributed by atoms with Gasteiger partial charge in [-0.3, -0.25) is 9.62 Å². The van der Waals surface area contributed by atoms with Gasteiger partial charge in [0.1, 0.15) is 5.82 Å². The molecule has 158 valence electrons. The zero-order valence-electron chi connectivity index (χ0n) is 15.9. The smallest absolute Gasteiger partial charge is 0.263 e. The molecule has 1 atom stereocenters. The summed E-state index contributed by atoms with van der Waals surface area (Å²) in [5.74, 6) is -0.194. The summed E-state index contributed by atoms with van der Waals surface area (Å²) >= 11 is 7.55. The number of sulfonamides is 1. The fourth-order valence-electron chi connectivity index (χ4n) is 3.41. The molecule has 1 aromatic heterocycles. The molecular formula is C20H20ClFN4O2S2. The Balaban J connectivity index is 1.39. The molecule has 30 heavy (non-hydrogen) atoms. The van der Waals surface area contributed by atoms with E-state index in [1.165, 1.54) is 35.7 Å². The predicted octanol–water partition coefficient (Wildman–Crippen LogP) is 4.42. The fourth-order valence-corrected chi connectivity index (χ4v) is 5.52. The van der Waals surface area contributed by atoms with Crippen LogP contribution in [0.4, 0.5) is 15.2 Å². The van der Waals surface area contributed by atoms with Gasteiger partial charge in [0.2, 0.25) is 0 Å². The first-order valence-corrected chi connectivity index (χ1v) is 12.1. The van der Waals surface area contributed by atoms with E-state index in [0.29, 0.717) is 27.9 Å². The molecule has 0 radical (unpaired) electrons. The van der Waals surface area contributed by atoms with Crippen molar-refractivity contribution in [2.75, 3.05) is 23.1 Å². The largest absolute Gasteiger partial charge is 0.380 e. The number of benzene rings is 2. The van der Waals surface area contributed by atoms with Crippen LogP contribution < -0.4 is 10.0 Å². The first-order valence-electron chi connectivity index (χ1n) is 9.35. The van der Waals surface area contributed by atoms with Crippen molar-refractivity contribution in [1.29, 1.82) is 0 Å². The van der Waals surface area contributed by atoms with Gasteiger partial charge >= 0.3 is 0 Å². The van der Waals surface area contributed by atoms with Crippen LogP contribution in [0.3, 0.4) is 0 Å². The van der Waals surface area contributed by atoms with E-state index in [0.717, 1.165) is 19.5 Å². The molecule has 10 heteroatoms. The van der Waals surface area contributed by atoms with Crippen molar-refractivity contribution in [2.24, 2.45) is 0 Å². The van der Waals surface area contributed by atoms with Gasteiger partial charge in [-0.1, -0.05) is 29.8 Å². The van der Waals surface area contributed by atoms with Crippen molar-refractivity contribution in [2.45, 2.75) is 23.9 Å². The summed E-state index contributed by atoms with van der Waals surface area (Å²) in [5, 5.41) is 5.68. The minimum atomic E-state index is -3.76. The highest BCUT2D eigenvalue weighted by Crippen LogP contribution is 2.29. The first kappa shape index (κ1) is 21.0. The fraction of sp³-hybridized carbons (Fsp3) is 0.250. The Labute approximate surface area is 183 Å². The summed E-state index contributed by atoms with van der Waals surface area (Å²) in [7, 11) is -3.76. The molecule has 1 aliphatic rings. The third-order valence-electron chi connectivity index (χ3n) is 4.89. The van der Waals surface area contributed by atoms with E-state index >= 15 is 0 Å². The minimum absolute atomic E-state index is 0.0702. The van der Waals surface area contributed by atoms with E-state index in [9.17, 15) is 12.8 Å². The topological polar surface area (TPSA) is 74.3 Å². The highest BCUT2D eigenvalue weighted by atomic mass is 35.5. The third-order valence-corrected chi connectivity index (χ3v) is 7.36. The van der Waals surface area contributed by atoms with Crippen molar-refractivity contribution < 1.29 is 12.8 Å². The summed E-state index contributed by atoms with van der Waals surface area (Å²) in [6.07, 6.45) is 2.41. The van der Waals surface area contributed by atoms with Crippen LogP contribution in [0.25, 0.3) is 0 Å². The second kappa shape index (κ2) is 8.89. The molecule has 1 saturated heterocycles. The van der Waals surface area contributed by atoms with Crippen LogP contribution in [-0.2, 0) is 16.6 Å². The molecular weight excluding hydrogens is 447 g/mol. The Morgan fingerprint density at radius 3 is 2.83 bits per heavy atom. The van der Waals surface area contributed by atoms with Gasteiger partial charge in [0, 0.05) is 42.8 Å². The molecule has 0 amide bonds. The Kier molecular flexibility index (Phi) is 6.24. The molecule has 1 fully saturated rings. The normalized spacial score (nSPS) is 17.2. The van der Waals surface area contributed by atoms with E-state index in [4.69, 9.17) is 11.6 Å². The van der Waals surface area contributed by atoms with E-state index in [1.807, 2.05) is 6.07 Å². The number of thiazole rings is 1. The molecule has 1 unspecified atom stereocenters. The average Bonchev–Trinajstić information content (AvgIpc) is 3.37. The lowest BCUT2D eigenvalue weighted by molar-refractivity contribution is 0.323. The SMILES string of the molecule is O=S(=O)(Nc1nccs1)c1ccc(NC2CCN(Cc3ccccc3F)C2)c(Cl)c1. The van der Waals surface area contributed by atoms with E-state index in [-0.39, 0.29) is 16.8 Å². The number of anilines is 2. The van der Waals surface area contributed by atoms with Crippen LogP contribution in [0.2, 0.25) is 5.02 Å². The summed E-state index contributed by atoms with van der Waals surface area (Å²) in [5.41, 5.74) is 1.35. The molecule has 1 aliphatic heterocycles. The average molecular weight is 467 g/mol. The predicted molar refractivity (Wildman–Crippen MR) is 118 cm³/mol. The minimum Gasteiger partial charge on any atom is -0.380 e. The van der Waals surface area contributed by atoms with E-state index in [1.54, 1.807) is 23.6 Å². The Morgan fingerprint density at radius 2 is 2.10 bits per heavy atom. The number of hydrogen-bond donors (Lipinski definition) is 2. The second-order valence-electron chi connectivity index (χ2n) is 7.04. The Morgan fingerprint density at radius 1 is 1.27 bits per heavy atom. The Hall–Kier alpha value is -2.20. The lowest BCUT2D eigenvalue weighted by Crippen LogP contribution is -2.26. The molecule has 6 nitrogen and oxygen atoms in total. The van der Waals surface area contributed by atoms with E-state index in [2.05, 4.69) is 19.9 Å². The number of nitrogens with zero attached hydrogens (tertiary/aromatic N) is 2. The van der Waals surface area contributed by atoms with Gasteiger partial charge in [0.25, 0.3) is 10.0 Å². The third kappa shape index (κ3) is 4.92. The van der Waals surface area contributed by atoms with Crippen LogP contribution in [0.1, 0.15) is 12.0 Å². The zero-order chi connectivity index (χ0) is 21.1. The molecule has 0 saturated carbocycles. The van der Waals surface area contributed by atoms with Gasteiger partial charge in [-0.25, -0.2) is 17.8 Å². The number of likely N-dealkylation sites (tertiary alicyclic amines) is 1. The van der Waals surface area contributed by atoms with Gasteiger partial charge < -0.3 is 5.32 Å². The maximum Gasteiger partial charge on any atom is 0.263 e. The van der Waals surface area contributed by atoms with Crippen molar-refractivity contribution in [1.82, 2.24) is 9.88 Å². The lowest BCUT2D eigenvalue weighted by atomic mass is 10.2. The van der Waals surface area contributed by atoms with Crippen LogP contribution in [0.5, 0.6) is 0 Å². The van der Waals surface area contributed by atoms with Crippen LogP contribution in [0.15, 0.2) is 58.9 Å². The maximum absolute atomic E-state index is 13.9.